The van der Waals surface area contributed by atoms with E-state index >= 15 is 0 Å². The van der Waals surface area contributed by atoms with Crippen LogP contribution in [0.1, 0.15) is 6.42 Å². The van der Waals surface area contributed by atoms with Crippen molar-refractivity contribution in [3.05, 3.63) is 0 Å². The first kappa shape index (κ1) is 12.6. The van der Waals surface area contributed by atoms with Crippen molar-refractivity contribution in [2.75, 3.05) is 0 Å². The number of halogens is 3. The molecule has 90 valence electrons. The van der Waals surface area contributed by atoms with Crippen molar-refractivity contribution in [3.8, 4) is 0 Å². The van der Waals surface area contributed by atoms with Gasteiger partial charge in [0.05, 0.1) is 0 Å². The molecular weight excluding hydrogens is 249 g/mol. The van der Waals surface area contributed by atoms with Gasteiger partial charge in [0.2, 0.25) is 11.8 Å². The van der Waals surface area contributed by atoms with Crippen LogP contribution in [0.5, 0.6) is 0 Å². The van der Waals surface area contributed by atoms with Gasteiger partial charge in [-0.15, -0.1) is 0 Å². The van der Waals surface area contributed by atoms with Gasteiger partial charge in [0.25, 0.3) is 0 Å². The van der Waals surface area contributed by atoms with E-state index in [1.54, 1.807) is 0 Å². The molecule has 1 aliphatic heterocycles. The van der Waals surface area contributed by atoms with Gasteiger partial charge in [-0.3, -0.25) is 14.9 Å². The van der Waals surface area contributed by atoms with Gasteiger partial charge in [0.1, 0.15) is 5.25 Å². The van der Waals surface area contributed by atoms with Gasteiger partial charge in [-0.1, -0.05) is 11.8 Å². The molecule has 0 radical (unpaired) electrons. The average molecular weight is 256 g/mol. The van der Waals surface area contributed by atoms with Crippen LogP contribution in [0.3, 0.4) is 0 Å². The van der Waals surface area contributed by atoms with Crippen LogP contribution in [0.2, 0.25) is 0 Å². The Morgan fingerprint density at radius 1 is 1.62 bits per heavy atom. The smallest absolute Gasteiger partial charge is 0.321 e. The summed E-state index contributed by atoms with van der Waals surface area (Å²) in [5, 5.41) is 5.31. The molecule has 4 N–H and O–H groups in total. The number of hydrogen-bond donors (Lipinski definition) is 3. The fourth-order valence-electron chi connectivity index (χ4n) is 0.978. The maximum atomic E-state index is 11.7. The molecule has 1 aliphatic rings. The molecule has 1 atom stereocenters. The number of nitrogens with one attached hydrogen (secondary N) is 2. The topological polar surface area (TPSA) is 96.6 Å². The highest BCUT2D eigenvalue weighted by Gasteiger charge is 2.35. The number of nitrogens with zero attached hydrogens (tertiary/aromatic N) is 1. The molecule has 0 aromatic heterocycles. The molecule has 1 saturated heterocycles. The van der Waals surface area contributed by atoms with Crippen molar-refractivity contribution >= 4 is 28.7 Å². The van der Waals surface area contributed by atoms with E-state index in [4.69, 9.17) is 5.84 Å². The second-order valence-electron chi connectivity index (χ2n) is 2.78. The number of hydrazone groups is 1. The molecule has 1 rings (SSSR count). The first-order chi connectivity index (χ1) is 7.31. The van der Waals surface area contributed by atoms with Gasteiger partial charge < -0.3 is 11.2 Å². The minimum absolute atomic E-state index is 0.0785. The quantitative estimate of drug-likeness (QED) is 0.351. The first-order valence-electron chi connectivity index (χ1n) is 3.95. The lowest BCUT2D eigenvalue weighted by molar-refractivity contribution is -0.169. The summed E-state index contributed by atoms with van der Waals surface area (Å²) < 4.78 is 35.2. The summed E-state index contributed by atoms with van der Waals surface area (Å²) >= 11 is 0.809. The fourth-order valence-corrected chi connectivity index (χ4v) is 1.87. The third kappa shape index (κ3) is 3.61. The Balaban J connectivity index is 2.50. The average Bonchev–Trinajstić information content (AvgIpc) is 2.44. The standard InChI is InChI=1S/C6H7F3N4O2S/c7-6(8,9)12-3(14)1-2-4(15)11-5(13-10)16-2/h2H,1,10H2,(H,12,14)(H,11,13,15). The summed E-state index contributed by atoms with van der Waals surface area (Å²) in [5.41, 5.74) is 0. The van der Waals surface area contributed by atoms with Crippen LogP contribution in [0.15, 0.2) is 5.10 Å². The summed E-state index contributed by atoms with van der Waals surface area (Å²) in [4.78, 5) is 22.0. The maximum Gasteiger partial charge on any atom is 0.484 e. The molecule has 6 nitrogen and oxygen atoms in total. The Morgan fingerprint density at radius 2 is 2.25 bits per heavy atom. The maximum absolute atomic E-state index is 11.7. The van der Waals surface area contributed by atoms with Crippen molar-refractivity contribution in [3.63, 3.8) is 0 Å². The van der Waals surface area contributed by atoms with E-state index < -0.39 is 29.8 Å². The predicted molar refractivity (Wildman–Crippen MR) is 50.0 cm³/mol. The Morgan fingerprint density at radius 3 is 2.69 bits per heavy atom. The molecule has 16 heavy (non-hydrogen) atoms. The Hall–Kier alpha value is -1.45. The van der Waals surface area contributed by atoms with E-state index in [1.807, 2.05) is 0 Å². The highest BCUT2D eigenvalue weighted by Crippen LogP contribution is 2.22. The number of amides is 2. The largest absolute Gasteiger partial charge is 0.484 e. The van der Waals surface area contributed by atoms with Crippen LogP contribution in [0.4, 0.5) is 13.2 Å². The van der Waals surface area contributed by atoms with Crippen molar-refractivity contribution < 1.29 is 22.8 Å². The molecule has 0 aromatic rings. The monoisotopic (exact) mass is 256 g/mol. The van der Waals surface area contributed by atoms with Gasteiger partial charge in [0, 0.05) is 6.42 Å². The van der Waals surface area contributed by atoms with Crippen LogP contribution in [-0.2, 0) is 9.59 Å². The van der Waals surface area contributed by atoms with Gasteiger partial charge in [0.15, 0.2) is 5.17 Å². The molecule has 1 fully saturated rings. The number of alkyl halides is 3. The lowest BCUT2D eigenvalue weighted by Crippen LogP contribution is -2.39. The Bertz CT molecular complexity index is 343. The first-order valence-corrected chi connectivity index (χ1v) is 4.83. The zero-order valence-electron chi connectivity index (χ0n) is 7.67. The van der Waals surface area contributed by atoms with Crippen LogP contribution in [-0.4, -0.2) is 28.5 Å². The Kier molecular flexibility index (Phi) is 3.62. The number of hydrogen-bond acceptors (Lipinski definition) is 5. The number of nitrogens with two attached hydrogens (primary N) is 1. The lowest BCUT2D eigenvalue weighted by atomic mass is 10.3. The second kappa shape index (κ2) is 4.60. The molecule has 0 bridgehead atoms. The summed E-state index contributed by atoms with van der Waals surface area (Å²) in [7, 11) is 0. The molecule has 0 saturated carbocycles. The number of thioether (sulfide) groups is 1. The fraction of sp³-hybridized carbons (Fsp3) is 0.500. The van der Waals surface area contributed by atoms with Crippen LogP contribution < -0.4 is 16.5 Å². The number of rotatable bonds is 2. The van der Waals surface area contributed by atoms with Crippen molar-refractivity contribution in [1.29, 1.82) is 0 Å². The molecule has 1 heterocycles. The van der Waals surface area contributed by atoms with E-state index in [0.29, 0.717) is 0 Å². The van der Waals surface area contributed by atoms with E-state index in [-0.39, 0.29) is 5.17 Å². The zero-order chi connectivity index (χ0) is 12.3. The number of carbonyl (C=O) groups is 2. The lowest BCUT2D eigenvalue weighted by Gasteiger charge is -2.09. The SMILES string of the molecule is NN=C1NC(=O)C(CC(=O)NC(F)(F)F)S1. The minimum atomic E-state index is -4.79. The summed E-state index contributed by atoms with van der Waals surface area (Å²) in [5.74, 6) is 2.99. The van der Waals surface area contributed by atoms with Crippen LogP contribution in [0, 0.1) is 0 Å². The van der Waals surface area contributed by atoms with Gasteiger partial charge in [-0.05, 0) is 0 Å². The van der Waals surface area contributed by atoms with E-state index in [1.165, 1.54) is 0 Å². The summed E-state index contributed by atoms with van der Waals surface area (Å²) in [6.07, 6.45) is -5.38. The summed E-state index contributed by atoms with van der Waals surface area (Å²) in [6, 6.07) is 0. The van der Waals surface area contributed by atoms with E-state index in [0.717, 1.165) is 17.1 Å². The molecule has 1 unspecified atom stereocenters. The second-order valence-corrected chi connectivity index (χ2v) is 3.97. The number of carbonyl (C=O) groups excluding carboxylic acids is 2. The third-order valence-electron chi connectivity index (χ3n) is 1.55. The van der Waals surface area contributed by atoms with Gasteiger partial charge in [-0.2, -0.15) is 18.3 Å². The third-order valence-corrected chi connectivity index (χ3v) is 2.64. The molecule has 2 amide bonds. The molecular formula is C6H7F3N4O2S. The van der Waals surface area contributed by atoms with E-state index in [9.17, 15) is 22.8 Å². The zero-order valence-corrected chi connectivity index (χ0v) is 8.48. The van der Waals surface area contributed by atoms with E-state index in [2.05, 4.69) is 10.4 Å². The number of amidine groups is 1. The molecule has 10 heteroatoms. The van der Waals surface area contributed by atoms with Crippen LogP contribution >= 0.6 is 11.8 Å². The Labute approximate surface area is 91.8 Å². The summed E-state index contributed by atoms with van der Waals surface area (Å²) in [6.45, 7) is 0. The van der Waals surface area contributed by atoms with Crippen LogP contribution in [0.25, 0.3) is 0 Å². The van der Waals surface area contributed by atoms with Gasteiger partial charge in [-0.25, -0.2) is 0 Å². The molecule has 0 aliphatic carbocycles. The normalized spacial score (nSPS) is 23.3. The highest BCUT2D eigenvalue weighted by molar-refractivity contribution is 8.15. The minimum Gasteiger partial charge on any atom is -0.321 e. The van der Waals surface area contributed by atoms with Gasteiger partial charge >= 0.3 is 6.30 Å². The van der Waals surface area contributed by atoms with Crippen molar-refractivity contribution in [2.45, 2.75) is 18.0 Å². The molecule has 0 aromatic carbocycles. The molecule has 0 spiro atoms. The predicted octanol–water partition coefficient (Wildman–Crippen LogP) is -0.526. The highest BCUT2D eigenvalue weighted by atomic mass is 32.2. The van der Waals surface area contributed by atoms with Crippen molar-refractivity contribution in [1.82, 2.24) is 10.6 Å². The van der Waals surface area contributed by atoms with Crippen molar-refractivity contribution in [2.24, 2.45) is 10.9 Å².